The van der Waals surface area contributed by atoms with Crippen LogP contribution in [-0.4, -0.2) is 73.6 Å². The first-order valence-electron chi connectivity index (χ1n) is 11.7. The molecule has 0 bridgehead atoms. The number of hydrogen-bond acceptors (Lipinski definition) is 7. The minimum atomic E-state index is -0.191. The number of benzene rings is 1. The van der Waals surface area contributed by atoms with Crippen molar-refractivity contribution < 1.29 is 23.0 Å². The predicted molar refractivity (Wildman–Crippen MR) is 116 cm³/mol. The zero-order valence-electron chi connectivity index (χ0n) is 18.2. The van der Waals surface area contributed by atoms with Gasteiger partial charge in [0.15, 0.2) is 0 Å². The molecule has 4 aliphatic heterocycles. The van der Waals surface area contributed by atoms with Gasteiger partial charge in [-0.15, -0.1) is 0 Å². The van der Waals surface area contributed by atoms with Gasteiger partial charge in [0.25, 0.3) is 6.01 Å². The van der Waals surface area contributed by atoms with E-state index in [1.54, 1.807) is 24.6 Å². The lowest BCUT2D eigenvalue weighted by Gasteiger charge is -2.46. The third-order valence-electron chi connectivity index (χ3n) is 7.48. The highest BCUT2D eigenvalue weighted by molar-refractivity contribution is 5.38. The van der Waals surface area contributed by atoms with Crippen molar-refractivity contribution in [2.75, 3.05) is 50.9 Å². The molecule has 32 heavy (non-hydrogen) atoms. The summed E-state index contributed by atoms with van der Waals surface area (Å²) >= 11 is 0. The van der Waals surface area contributed by atoms with E-state index in [4.69, 9.17) is 18.6 Å². The van der Waals surface area contributed by atoms with E-state index in [9.17, 15) is 4.39 Å². The van der Waals surface area contributed by atoms with E-state index < -0.39 is 0 Å². The molecule has 1 aromatic carbocycles. The third-order valence-corrected chi connectivity index (χ3v) is 7.48. The molecule has 8 heteroatoms. The standard InChI is InChI=1S/C24H30FN3O4/c25-18-1-2-22(32-20-5-9-29-14-20)21(11-18)17-3-7-27(8-4-17)19-12-24(31-13-19)15-28(16-24)23-26-6-10-30-23/h1-2,6,10-11,17,19-20H,3-5,7-9,12-16H2/t19-,20+/m0/s1. The molecule has 2 aromatic rings. The third kappa shape index (κ3) is 3.89. The quantitative estimate of drug-likeness (QED) is 0.703. The Kier molecular flexibility index (Phi) is 5.31. The largest absolute Gasteiger partial charge is 0.488 e. The summed E-state index contributed by atoms with van der Waals surface area (Å²) in [5, 5.41) is 0. The van der Waals surface area contributed by atoms with E-state index >= 15 is 0 Å². The number of aromatic nitrogens is 1. The van der Waals surface area contributed by atoms with Crippen LogP contribution in [0.25, 0.3) is 0 Å². The van der Waals surface area contributed by atoms with Gasteiger partial charge in [0.1, 0.15) is 29.5 Å². The summed E-state index contributed by atoms with van der Waals surface area (Å²) in [7, 11) is 0. The highest BCUT2D eigenvalue weighted by atomic mass is 19.1. The van der Waals surface area contributed by atoms with E-state index in [2.05, 4.69) is 14.8 Å². The molecule has 4 aliphatic rings. The van der Waals surface area contributed by atoms with Crippen molar-refractivity contribution in [3.63, 3.8) is 0 Å². The highest BCUT2D eigenvalue weighted by Gasteiger charge is 2.52. The fraction of sp³-hybridized carbons (Fsp3) is 0.625. The number of rotatable bonds is 5. The summed E-state index contributed by atoms with van der Waals surface area (Å²) in [6.45, 7) is 5.82. The zero-order valence-corrected chi connectivity index (χ0v) is 18.2. The summed E-state index contributed by atoms with van der Waals surface area (Å²) in [5.41, 5.74) is 0.944. The predicted octanol–water partition coefficient (Wildman–Crippen LogP) is 3.21. The van der Waals surface area contributed by atoms with E-state index in [0.717, 1.165) is 76.4 Å². The van der Waals surface area contributed by atoms with Crippen molar-refractivity contribution >= 4 is 6.01 Å². The molecular formula is C24H30FN3O4. The molecule has 7 nitrogen and oxygen atoms in total. The van der Waals surface area contributed by atoms with Crippen LogP contribution in [-0.2, 0) is 9.47 Å². The second kappa shape index (κ2) is 8.32. The van der Waals surface area contributed by atoms with Crippen LogP contribution in [0.2, 0.25) is 0 Å². The summed E-state index contributed by atoms with van der Waals surface area (Å²) in [6.07, 6.45) is 7.32. The average molecular weight is 444 g/mol. The Bertz CT molecular complexity index is 919. The van der Waals surface area contributed by atoms with Crippen LogP contribution in [0, 0.1) is 5.82 Å². The summed E-state index contributed by atoms with van der Waals surface area (Å²) in [4.78, 5) is 8.93. The van der Waals surface area contributed by atoms with E-state index in [0.29, 0.717) is 24.6 Å². The molecule has 0 radical (unpaired) electrons. The van der Waals surface area contributed by atoms with Crippen molar-refractivity contribution in [1.82, 2.24) is 9.88 Å². The van der Waals surface area contributed by atoms with Gasteiger partial charge >= 0.3 is 0 Å². The number of hydrogen-bond donors (Lipinski definition) is 0. The maximum Gasteiger partial charge on any atom is 0.297 e. The molecule has 5 heterocycles. The Balaban J connectivity index is 1.05. The van der Waals surface area contributed by atoms with Gasteiger partial charge in [-0.3, -0.25) is 4.90 Å². The molecule has 2 atom stereocenters. The normalized spacial score (nSPS) is 28.3. The van der Waals surface area contributed by atoms with Crippen LogP contribution in [0.5, 0.6) is 5.75 Å². The molecule has 172 valence electrons. The molecule has 4 saturated heterocycles. The first-order chi connectivity index (χ1) is 15.7. The van der Waals surface area contributed by atoms with Crippen LogP contribution >= 0.6 is 0 Å². The Labute approximate surface area is 187 Å². The molecular weight excluding hydrogens is 413 g/mol. The van der Waals surface area contributed by atoms with E-state index in [-0.39, 0.29) is 17.5 Å². The van der Waals surface area contributed by atoms with Gasteiger partial charge in [-0.2, -0.15) is 0 Å². The first kappa shape index (κ1) is 20.4. The van der Waals surface area contributed by atoms with Crippen LogP contribution in [0.1, 0.15) is 37.2 Å². The molecule has 0 saturated carbocycles. The first-order valence-corrected chi connectivity index (χ1v) is 11.7. The molecule has 1 aromatic heterocycles. The summed E-state index contributed by atoms with van der Waals surface area (Å²) in [6, 6.07) is 6.09. The number of piperidine rings is 1. The van der Waals surface area contributed by atoms with Crippen molar-refractivity contribution in [2.24, 2.45) is 0 Å². The number of nitrogens with zero attached hydrogens (tertiary/aromatic N) is 3. The molecule has 0 aliphatic carbocycles. The Morgan fingerprint density at radius 3 is 2.75 bits per heavy atom. The molecule has 6 rings (SSSR count). The maximum atomic E-state index is 14.1. The molecule has 0 amide bonds. The van der Waals surface area contributed by atoms with Gasteiger partial charge < -0.3 is 23.5 Å². The number of anilines is 1. The van der Waals surface area contributed by atoms with Crippen molar-refractivity contribution in [3.8, 4) is 5.75 Å². The van der Waals surface area contributed by atoms with Gasteiger partial charge in [-0.1, -0.05) is 0 Å². The van der Waals surface area contributed by atoms with Crippen molar-refractivity contribution in [3.05, 3.63) is 42.0 Å². The zero-order chi connectivity index (χ0) is 21.5. The second-order valence-electron chi connectivity index (χ2n) is 9.62. The smallest absolute Gasteiger partial charge is 0.297 e. The number of ether oxygens (including phenoxy) is 3. The van der Waals surface area contributed by atoms with Crippen molar-refractivity contribution in [1.29, 1.82) is 0 Å². The Hall–Kier alpha value is -2.16. The van der Waals surface area contributed by atoms with Gasteiger partial charge in [-0.05, 0) is 56.5 Å². The summed E-state index contributed by atoms with van der Waals surface area (Å²) < 4.78 is 37.4. The molecule has 1 spiro atoms. The average Bonchev–Trinajstić information content (AvgIpc) is 3.55. The van der Waals surface area contributed by atoms with Gasteiger partial charge in [-0.25, -0.2) is 9.37 Å². The fourth-order valence-electron chi connectivity index (χ4n) is 5.74. The van der Waals surface area contributed by atoms with Crippen molar-refractivity contribution in [2.45, 2.75) is 49.3 Å². The Morgan fingerprint density at radius 1 is 1.12 bits per heavy atom. The van der Waals surface area contributed by atoms with E-state index in [1.165, 1.54) is 6.07 Å². The molecule has 0 N–H and O–H groups in total. The lowest BCUT2D eigenvalue weighted by Crippen LogP contribution is -2.62. The minimum Gasteiger partial charge on any atom is -0.488 e. The SMILES string of the molecule is Fc1ccc(O[C@@H]2CCOC2)c(C2CCN([C@@H]3COC4(C3)CN(c3ncco3)C4)CC2)c1. The van der Waals surface area contributed by atoms with Crippen LogP contribution < -0.4 is 9.64 Å². The lowest BCUT2D eigenvalue weighted by molar-refractivity contribution is -0.0215. The van der Waals surface area contributed by atoms with E-state index in [1.807, 2.05) is 0 Å². The monoisotopic (exact) mass is 443 g/mol. The maximum absolute atomic E-state index is 14.1. The van der Waals surface area contributed by atoms with Gasteiger partial charge in [0.05, 0.1) is 39.1 Å². The van der Waals surface area contributed by atoms with Gasteiger partial charge in [0, 0.05) is 18.0 Å². The second-order valence-corrected chi connectivity index (χ2v) is 9.62. The van der Waals surface area contributed by atoms with Crippen LogP contribution in [0.15, 0.2) is 35.1 Å². The number of oxazole rings is 1. The van der Waals surface area contributed by atoms with Crippen LogP contribution in [0.4, 0.5) is 10.4 Å². The highest BCUT2D eigenvalue weighted by Crippen LogP contribution is 2.41. The Morgan fingerprint density at radius 2 is 2.00 bits per heavy atom. The molecule has 4 fully saturated rings. The lowest BCUT2D eigenvalue weighted by atomic mass is 9.86. The molecule has 0 unspecified atom stereocenters. The van der Waals surface area contributed by atoms with Gasteiger partial charge in [0.2, 0.25) is 0 Å². The minimum absolute atomic E-state index is 0.0666. The summed E-state index contributed by atoms with van der Waals surface area (Å²) in [5.74, 6) is 0.952. The topological polar surface area (TPSA) is 60.2 Å². The fourth-order valence-corrected chi connectivity index (χ4v) is 5.74. The van der Waals surface area contributed by atoms with Crippen LogP contribution in [0.3, 0.4) is 0 Å². The number of halogens is 1. The number of likely N-dealkylation sites (tertiary alicyclic amines) is 1.